The average Bonchev–Trinajstić information content (AvgIpc) is 2.65. The number of amides is 1. The quantitative estimate of drug-likeness (QED) is 0.818. The van der Waals surface area contributed by atoms with Crippen molar-refractivity contribution in [3.8, 4) is 0 Å². The summed E-state index contributed by atoms with van der Waals surface area (Å²) in [5.41, 5.74) is 2.24. The maximum Gasteiger partial charge on any atom is 0.230 e. The molecule has 0 radical (unpaired) electrons. The summed E-state index contributed by atoms with van der Waals surface area (Å²) in [5, 5.41) is 4.03. The molecule has 3 rings (SSSR count). The first kappa shape index (κ1) is 18.8. The fourth-order valence-corrected chi connectivity index (χ4v) is 3.40. The number of hydrogen-bond donors (Lipinski definition) is 1. The highest BCUT2D eigenvalue weighted by Crippen LogP contribution is 2.11. The summed E-state index contributed by atoms with van der Waals surface area (Å²) < 4.78 is 0. The van der Waals surface area contributed by atoms with Crippen LogP contribution in [0.15, 0.2) is 54.6 Å². The zero-order chi connectivity index (χ0) is 18.4. The van der Waals surface area contributed by atoms with Gasteiger partial charge in [0.1, 0.15) is 0 Å². The number of thiocarbonyl (C=S) groups is 1. The van der Waals surface area contributed by atoms with E-state index in [4.69, 9.17) is 23.8 Å². The van der Waals surface area contributed by atoms with Gasteiger partial charge in [-0.1, -0.05) is 54.1 Å². The molecule has 0 spiro atoms. The summed E-state index contributed by atoms with van der Waals surface area (Å²) in [6, 6.07) is 17.7. The van der Waals surface area contributed by atoms with Crippen LogP contribution < -0.4 is 5.32 Å². The summed E-state index contributed by atoms with van der Waals surface area (Å²) in [5.74, 6) is -0.0935. The third-order valence-corrected chi connectivity index (χ3v) is 5.05. The monoisotopic (exact) mass is 387 g/mol. The number of benzene rings is 2. The minimum atomic E-state index is -0.0935. The molecule has 2 aromatic carbocycles. The first-order chi connectivity index (χ1) is 12.6. The Morgan fingerprint density at radius 1 is 0.962 bits per heavy atom. The van der Waals surface area contributed by atoms with Crippen molar-refractivity contribution in [2.75, 3.05) is 26.2 Å². The number of halogens is 1. The van der Waals surface area contributed by atoms with Gasteiger partial charge in [0.05, 0.1) is 6.42 Å². The van der Waals surface area contributed by atoms with Gasteiger partial charge in [0.2, 0.25) is 5.91 Å². The predicted molar refractivity (Wildman–Crippen MR) is 109 cm³/mol. The molecule has 0 unspecified atom stereocenters. The van der Waals surface area contributed by atoms with Crippen LogP contribution in [-0.4, -0.2) is 47.0 Å². The second-order valence-corrected chi connectivity index (χ2v) is 7.23. The van der Waals surface area contributed by atoms with Crippen molar-refractivity contribution in [2.45, 2.75) is 13.0 Å². The van der Waals surface area contributed by atoms with Crippen LogP contribution in [-0.2, 0) is 17.8 Å². The molecule has 0 saturated carbocycles. The molecule has 1 heterocycles. The van der Waals surface area contributed by atoms with Crippen molar-refractivity contribution in [3.05, 3.63) is 70.7 Å². The Labute approximate surface area is 164 Å². The van der Waals surface area contributed by atoms with Crippen molar-refractivity contribution in [1.29, 1.82) is 0 Å². The van der Waals surface area contributed by atoms with Crippen LogP contribution in [0.3, 0.4) is 0 Å². The van der Waals surface area contributed by atoms with Gasteiger partial charge in [0, 0.05) is 37.7 Å². The van der Waals surface area contributed by atoms with Gasteiger partial charge in [-0.2, -0.15) is 0 Å². The number of nitrogens with zero attached hydrogens (tertiary/aromatic N) is 2. The van der Waals surface area contributed by atoms with Crippen LogP contribution in [0.1, 0.15) is 11.1 Å². The lowest BCUT2D eigenvalue weighted by Gasteiger charge is -2.36. The summed E-state index contributed by atoms with van der Waals surface area (Å²) in [7, 11) is 0. The molecular formula is C20H22ClN3OS. The van der Waals surface area contributed by atoms with Crippen molar-refractivity contribution in [2.24, 2.45) is 0 Å². The lowest BCUT2D eigenvalue weighted by molar-refractivity contribution is -0.119. The molecule has 4 nitrogen and oxygen atoms in total. The number of piperazine rings is 1. The lowest BCUT2D eigenvalue weighted by atomic mass is 10.1. The van der Waals surface area contributed by atoms with E-state index < -0.39 is 0 Å². The summed E-state index contributed by atoms with van der Waals surface area (Å²) in [6.07, 6.45) is 0.297. The van der Waals surface area contributed by atoms with Gasteiger partial charge < -0.3 is 10.2 Å². The van der Waals surface area contributed by atoms with Crippen LogP contribution in [0.5, 0.6) is 0 Å². The van der Waals surface area contributed by atoms with Crippen LogP contribution in [0.25, 0.3) is 0 Å². The van der Waals surface area contributed by atoms with E-state index in [1.54, 1.807) is 12.1 Å². The van der Waals surface area contributed by atoms with Gasteiger partial charge in [0.15, 0.2) is 5.11 Å². The van der Waals surface area contributed by atoms with Gasteiger partial charge in [-0.15, -0.1) is 0 Å². The van der Waals surface area contributed by atoms with E-state index >= 15 is 0 Å². The van der Waals surface area contributed by atoms with Gasteiger partial charge in [-0.3, -0.25) is 9.69 Å². The van der Waals surface area contributed by atoms with Gasteiger partial charge >= 0.3 is 0 Å². The van der Waals surface area contributed by atoms with E-state index in [0.717, 1.165) is 38.3 Å². The molecule has 1 saturated heterocycles. The zero-order valence-corrected chi connectivity index (χ0v) is 16.1. The van der Waals surface area contributed by atoms with Crippen LogP contribution >= 0.6 is 23.8 Å². The largest absolute Gasteiger partial charge is 0.346 e. The molecular weight excluding hydrogens is 366 g/mol. The molecule has 1 aliphatic rings. The van der Waals surface area contributed by atoms with Gasteiger partial charge in [0.25, 0.3) is 0 Å². The topological polar surface area (TPSA) is 35.6 Å². The molecule has 6 heteroatoms. The molecule has 136 valence electrons. The molecule has 1 aliphatic heterocycles. The van der Waals surface area contributed by atoms with E-state index in [-0.39, 0.29) is 5.91 Å². The standard InChI is InChI=1S/C20H22ClN3OS/c21-18-8-6-16(7-9-18)14-19(25)22-20(26)24-12-10-23(11-13-24)15-17-4-2-1-3-5-17/h1-9H,10-15H2,(H,22,25,26). The zero-order valence-electron chi connectivity index (χ0n) is 14.5. The van der Waals surface area contributed by atoms with E-state index in [1.165, 1.54) is 5.56 Å². The highest BCUT2D eigenvalue weighted by Gasteiger charge is 2.20. The second-order valence-electron chi connectivity index (χ2n) is 6.41. The molecule has 26 heavy (non-hydrogen) atoms. The third kappa shape index (κ3) is 5.53. The number of nitrogens with one attached hydrogen (secondary N) is 1. The van der Waals surface area contributed by atoms with E-state index in [1.807, 2.05) is 18.2 Å². The molecule has 1 N–H and O–H groups in total. The number of hydrogen-bond acceptors (Lipinski definition) is 3. The van der Waals surface area contributed by atoms with E-state index in [2.05, 4.69) is 39.4 Å². The first-order valence-electron chi connectivity index (χ1n) is 8.69. The Bertz CT molecular complexity index is 743. The molecule has 0 aliphatic carbocycles. The van der Waals surface area contributed by atoms with Crippen molar-refractivity contribution in [3.63, 3.8) is 0 Å². The number of rotatable bonds is 4. The highest BCUT2D eigenvalue weighted by atomic mass is 35.5. The second kappa shape index (κ2) is 9.12. The third-order valence-electron chi connectivity index (χ3n) is 4.43. The van der Waals surface area contributed by atoms with Crippen molar-refractivity contribution in [1.82, 2.24) is 15.1 Å². The number of carbonyl (C=O) groups is 1. The minimum absolute atomic E-state index is 0.0935. The maximum absolute atomic E-state index is 12.2. The average molecular weight is 388 g/mol. The van der Waals surface area contributed by atoms with Crippen molar-refractivity contribution >= 4 is 34.8 Å². The van der Waals surface area contributed by atoms with Crippen LogP contribution in [0.4, 0.5) is 0 Å². The predicted octanol–water partition coefficient (Wildman–Crippen LogP) is 3.10. The molecule has 0 atom stereocenters. The van der Waals surface area contributed by atoms with E-state index in [0.29, 0.717) is 16.6 Å². The summed E-state index contributed by atoms with van der Waals surface area (Å²) in [6.45, 7) is 4.47. The maximum atomic E-state index is 12.2. The smallest absolute Gasteiger partial charge is 0.230 e. The first-order valence-corrected chi connectivity index (χ1v) is 9.48. The Morgan fingerprint density at radius 2 is 1.62 bits per heavy atom. The molecule has 0 bridgehead atoms. The fraction of sp³-hybridized carbons (Fsp3) is 0.300. The number of carbonyl (C=O) groups excluding carboxylic acids is 1. The van der Waals surface area contributed by atoms with Gasteiger partial charge in [-0.25, -0.2) is 0 Å². The Morgan fingerprint density at radius 3 is 2.27 bits per heavy atom. The van der Waals surface area contributed by atoms with Crippen LogP contribution in [0.2, 0.25) is 5.02 Å². The minimum Gasteiger partial charge on any atom is -0.346 e. The fourth-order valence-electron chi connectivity index (χ4n) is 2.98. The van der Waals surface area contributed by atoms with Crippen LogP contribution in [0, 0.1) is 0 Å². The highest BCUT2D eigenvalue weighted by molar-refractivity contribution is 7.80. The SMILES string of the molecule is O=C(Cc1ccc(Cl)cc1)NC(=S)N1CCN(Cc2ccccc2)CC1. The molecule has 0 aromatic heterocycles. The van der Waals surface area contributed by atoms with E-state index in [9.17, 15) is 4.79 Å². The van der Waals surface area contributed by atoms with Gasteiger partial charge in [-0.05, 0) is 35.5 Å². The lowest BCUT2D eigenvalue weighted by Crippen LogP contribution is -2.52. The molecule has 2 aromatic rings. The summed E-state index contributed by atoms with van der Waals surface area (Å²) >= 11 is 11.3. The van der Waals surface area contributed by atoms with Crippen molar-refractivity contribution < 1.29 is 4.79 Å². The normalized spacial score (nSPS) is 14.9. The molecule has 1 amide bonds. The summed E-state index contributed by atoms with van der Waals surface area (Å²) in [4.78, 5) is 16.7. The Kier molecular flexibility index (Phi) is 6.61. The Balaban J connectivity index is 1.43. The Hall–Kier alpha value is -1.95. The molecule has 1 fully saturated rings.